The van der Waals surface area contributed by atoms with Crippen LogP contribution in [0.4, 0.5) is 17.1 Å². The fourth-order valence-electron chi connectivity index (χ4n) is 17.5. The molecule has 18 rings (SSSR count). The minimum atomic E-state index is -0.436. The number of rotatable bonds is 33. The van der Waals surface area contributed by atoms with Crippen LogP contribution in [0.3, 0.4) is 0 Å². The molecule has 0 radical (unpaired) electrons. The molecule has 0 bridgehead atoms. The topological polar surface area (TPSA) is 203 Å². The van der Waals surface area contributed by atoms with E-state index in [1.54, 1.807) is 11.3 Å². The summed E-state index contributed by atoms with van der Waals surface area (Å²) in [5.41, 5.74) is 18.9. The maximum absolute atomic E-state index is 13.8. The third kappa shape index (κ3) is 25.8. The summed E-state index contributed by atoms with van der Waals surface area (Å²) in [5, 5.41) is 12.9. The molecule has 1 fully saturated rings. The average Bonchev–Trinajstić information content (AvgIpc) is 1.63. The number of nitrogens with zero attached hydrogens (tertiary/aromatic N) is 2. The number of ether oxygens (including phenoxy) is 10. The first-order chi connectivity index (χ1) is 63.9. The molecular weight excluding hydrogens is 1650 g/mol. The standard InChI is InChI=1S/C36H40N2O5.C30H31NO3.C23H27NO3.C21H25NO3S/c1-2-3-6-17-40-35-22-28(26-10-11-31-29(19-26)20-27-7-4-5-8-30(27)31)21-34(43-35)36(39)38-15-13-37(14-16-38)23-25-9-12-32-33(18-25)42-24-41-32;1-2-3-9-16-33-29-20-23(19-28(34-29)30(32)31-25-11-5-4-6-12-25)21-14-15-27-24(17-21)18-22-10-7-8-13-26(22)27;1-2-3-10-15-26-22-17-19(18-11-6-4-7-12-18)16-21(27-22)23(25)24-20-13-8-5-9-14-20;1-2-3-7-11-24-20-14-17(16-10-12-26-15-16)13-19(25-20)21(23)22-18-8-5-4-6-9-18/h4-5,7-12,18-19,21,28,35H,2-3,6,13-17,20,22-24H2,1H3;4-8,10-15,17,19,23,29H,2-3,9,16,18,20H2,1H3,(H,31,32);4-9,11-14,16,19,22H,2-3,10,15,17H2,1H3,(H,24,25);4-6,8-10,12-13,15,17,20H,2-3,7,11,14H2,1H3,(H,22,23)/t28-,35+;23-,29+;19-,22+;17-,20+/m1111/s1. The van der Waals surface area contributed by atoms with Crippen molar-refractivity contribution in [2.24, 2.45) is 0 Å². The van der Waals surface area contributed by atoms with Crippen LogP contribution < -0.4 is 25.4 Å². The van der Waals surface area contributed by atoms with Crippen LogP contribution in [0.5, 0.6) is 11.5 Å². The van der Waals surface area contributed by atoms with E-state index < -0.39 is 25.2 Å². The summed E-state index contributed by atoms with van der Waals surface area (Å²) >= 11 is 1.66. The zero-order valence-electron chi connectivity index (χ0n) is 75.3. The lowest BCUT2D eigenvalue weighted by molar-refractivity contribution is -0.153. The lowest BCUT2D eigenvalue weighted by Crippen LogP contribution is -2.49. The Morgan fingerprint density at radius 3 is 1.16 bits per heavy atom. The Balaban J connectivity index is 0.000000136. The van der Waals surface area contributed by atoms with Crippen molar-refractivity contribution in [2.45, 2.75) is 199 Å². The number of hydrogen-bond donors (Lipinski definition) is 3. The number of para-hydroxylation sites is 3. The van der Waals surface area contributed by atoms with Gasteiger partial charge in [0.15, 0.2) is 34.5 Å². The predicted molar refractivity (Wildman–Crippen MR) is 513 cm³/mol. The SMILES string of the molecule is CCCCCO[C@@H]1C[C@H](c2ccc3c(c2)Cc2ccccc2-3)C=C(C(=O)N2CCN(Cc3ccc4c(c3)OCO4)CC2)O1.CCCCCO[C@@H]1C[C@H](c2ccc3c(c2)Cc2ccccc2-3)C=C(C(=O)Nc2ccccc2)O1.CCCCCO[C@@H]1C[C@H](c2ccccc2)C=C(C(=O)Nc2ccccc2)O1.CCCCCO[C@@H]1C[C@H](c2ccsc2)C=C(C(=O)Nc2ccccc2)O1. The molecule has 0 unspecified atom stereocenters. The molecule has 3 N–H and O–H groups in total. The molecule has 4 amide bonds. The van der Waals surface area contributed by atoms with Gasteiger partial charge in [-0.15, -0.1) is 0 Å². The fraction of sp³-hybridized carbons (Fsp3) is 0.364. The molecule has 678 valence electrons. The molecule has 1 aromatic heterocycles. The van der Waals surface area contributed by atoms with Crippen LogP contribution in [0.25, 0.3) is 22.3 Å². The molecule has 130 heavy (non-hydrogen) atoms. The highest BCUT2D eigenvalue weighted by molar-refractivity contribution is 7.08. The van der Waals surface area contributed by atoms with E-state index in [2.05, 4.69) is 175 Å². The van der Waals surface area contributed by atoms with Crippen molar-refractivity contribution in [3.05, 3.63) is 339 Å². The number of allylic oxidation sites excluding steroid dienone is 4. The van der Waals surface area contributed by atoms with Gasteiger partial charge in [-0.2, -0.15) is 11.3 Å². The van der Waals surface area contributed by atoms with E-state index in [9.17, 15) is 19.2 Å². The Morgan fingerprint density at radius 2 is 0.738 bits per heavy atom. The average molecular weight is 1770 g/mol. The minimum Gasteiger partial charge on any atom is -0.459 e. The van der Waals surface area contributed by atoms with Crippen molar-refractivity contribution in [3.8, 4) is 33.8 Å². The van der Waals surface area contributed by atoms with Gasteiger partial charge >= 0.3 is 0 Å². The van der Waals surface area contributed by atoms with Crippen LogP contribution >= 0.6 is 11.3 Å². The van der Waals surface area contributed by atoms with Gasteiger partial charge in [-0.25, -0.2) is 0 Å². The second-order valence-corrected chi connectivity index (χ2v) is 35.0. The van der Waals surface area contributed by atoms with Crippen LogP contribution in [0.1, 0.15) is 204 Å². The quantitative estimate of drug-likeness (QED) is 0.0328. The monoisotopic (exact) mass is 1770 g/mol. The Bertz CT molecular complexity index is 5470. The minimum absolute atomic E-state index is 0.0387. The highest BCUT2D eigenvalue weighted by Gasteiger charge is 2.37. The number of piperazine rings is 1. The lowest BCUT2D eigenvalue weighted by Gasteiger charge is -2.36. The Morgan fingerprint density at radius 1 is 0.362 bits per heavy atom. The van der Waals surface area contributed by atoms with Crippen LogP contribution in [0, 0.1) is 0 Å². The first-order valence-corrected chi connectivity index (χ1v) is 47.8. The summed E-state index contributed by atoms with van der Waals surface area (Å²) in [6, 6.07) is 77.4. The molecule has 0 spiro atoms. The third-order valence-corrected chi connectivity index (χ3v) is 25.3. The van der Waals surface area contributed by atoms with Gasteiger partial charge < -0.3 is 68.2 Å². The number of carbonyl (C=O) groups is 4. The number of fused-ring (bicyclic) bond motifs is 7. The summed E-state index contributed by atoms with van der Waals surface area (Å²) in [7, 11) is 0. The summed E-state index contributed by atoms with van der Waals surface area (Å²) in [4.78, 5) is 56.5. The van der Waals surface area contributed by atoms with Crippen LogP contribution in [0.15, 0.2) is 289 Å². The Kier molecular flexibility index (Phi) is 34.0. The molecule has 2 aliphatic carbocycles. The maximum Gasteiger partial charge on any atom is 0.290 e. The summed E-state index contributed by atoms with van der Waals surface area (Å²) in [6.45, 7) is 15.3. The van der Waals surface area contributed by atoms with E-state index in [1.165, 1.54) is 66.8 Å². The van der Waals surface area contributed by atoms with E-state index in [0.29, 0.717) is 81.8 Å². The van der Waals surface area contributed by atoms with Gasteiger partial charge in [0.05, 0.1) is 26.4 Å². The molecule has 19 nitrogen and oxygen atoms in total. The van der Waals surface area contributed by atoms with Crippen molar-refractivity contribution in [3.63, 3.8) is 0 Å². The van der Waals surface area contributed by atoms with Crippen molar-refractivity contribution >= 4 is 52.0 Å². The second kappa shape index (κ2) is 47.6. The van der Waals surface area contributed by atoms with Gasteiger partial charge in [0.25, 0.3) is 23.6 Å². The number of benzene rings is 9. The number of unbranched alkanes of at least 4 members (excludes halogenated alkanes) is 8. The first-order valence-electron chi connectivity index (χ1n) is 46.9. The van der Waals surface area contributed by atoms with Crippen molar-refractivity contribution < 1.29 is 66.5 Å². The summed E-state index contributed by atoms with van der Waals surface area (Å²) < 4.78 is 59.1. The van der Waals surface area contributed by atoms with Gasteiger partial charge in [0.1, 0.15) is 0 Å². The molecular formula is C110H123N5O14S. The van der Waals surface area contributed by atoms with E-state index in [4.69, 9.17) is 47.4 Å². The summed E-state index contributed by atoms with van der Waals surface area (Å²) in [6.07, 6.45) is 24.0. The van der Waals surface area contributed by atoms with E-state index in [1.807, 2.05) is 144 Å². The second-order valence-electron chi connectivity index (χ2n) is 34.2. The zero-order valence-corrected chi connectivity index (χ0v) is 76.2. The van der Waals surface area contributed by atoms with E-state index >= 15 is 0 Å². The Labute approximate surface area is 770 Å². The zero-order chi connectivity index (χ0) is 89.6. The van der Waals surface area contributed by atoms with Crippen LogP contribution in [-0.4, -0.2) is 118 Å². The number of carbonyl (C=O) groups excluding carboxylic acids is 4. The predicted octanol–water partition coefficient (Wildman–Crippen LogP) is 23.6. The number of thiophene rings is 1. The number of hydrogen-bond acceptors (Lipinski definition) is 16. The van der Waals surface area contributed by atoms with Crippen molar-refractivity contribution in [1.29, 1.82) is 0 Å². The van der Waals surface area contributed by atoms with Crippen molar-refractivity contribution in [1.82, 2.24) is 9.80 Å². The highest BCUT2D eigenvalue weighted by atomic mass is 32.1. The molecule has 0 saturated carbocycles. The van der Waals surface area contributed by atoms with E-state index in [0.717, 1.165) is 150 Å². The fourth-order valence-corrected chi connectivity index (χ4v) is 18.3. The van der Waals surface area contributed by atoms with Gasteiger partial charge in [-0.3, -0.25) is 24.1 Å². The molecule has 9 aromatic carbocycles. The smallest absolute Gasteiger partial charge is 0.290 e. The largest absolute Gasteiger partial charge is 0.459 e. The molecule has 7 heterocycles. The van der Waals surface area contributed by atoms with Gasteiger partial charge in [0.2, 0.25) is 32.0 Å². The molecule has 8 atom stereocenters. The molecule has 20 heteroatoms. The highest BCUT2D eigenvalue weighted by Crippen LogP contribution is 2.44. The molecule has 1 saturated heterocycles. The molecule has 8 aliphatic rings. The Hall–Kier alpha value is -11.9. The molecule has 6 aliphatic heterocycles. The third-order valence-electron chi connectivity index (χ3n) is 24.6. The summed E-state index contributed by atoms with van der Waals surface area (Å²) in [5.74, 6) is 2.57. The number of anilines is 3. The maximum atomic E-state index is 13.8. The number of amides is 4. The van der Waals surface area contributed by atoms with Crippen LogP contribution in [-0.2, 0) is 76.5 Å². The van der Waals surface area contributed by atoms with Crippen molar-refractivity contribution in [2.75, 3.05) is 75.3 Å². The number of nitrogens with one attached hydrogen (secondary N) is 3. The lowest BCUT2D eigenvalue weighted by atomic mass is 9.90. The van der Waals surface area contributed by atoms with Gasteiger partial charge in [-0.05, 0) is 201 Å². The molecule has 10 aromatic rings. The first kappa shape index (κ1) is 92.8. The normalized spacial score (nSPS) is 19.6. The van der Waals surface area contributed by atoms with Crippen LogP contribution in [0.2, 0.25) is 0 Å². The van der Waals surface area contributed by atoms with E-state index in [-0.39, 0.29) is 54.1 Å². The van der Waals surface area contributed by atoms with Gasteiger partial charge in [-0.1, -0.05) is 255 Å². The van der Waals surface area contributed by atoms with Gasteiger partial charge in [0, 0.05) is 99.1 Å².